The van der Waals surface area contributed by atoms with E-state index in [9.17, 15) is 9.18 Å². The zero-order valence-corrected chi connectivity index (χ0v) is 10.3. The van der Waals surface area contributed by atoms with Crippen molar-refractivity contribution in [1.82, 2.24) is 4.90 Å². The van der Waals surface area contributed by atoms with Gasteiger partial charge in [0.25, 0.3) is 0 Å². The molecule has 18 heavy (non-hydrogen) atoms. The van der Waals surface area contributed by atoms with Crippen LogP contribution in [0, 0.1) is 5.82 Å². The van der Waals surface area contributed by atoms with Crippen LogP contribution in [0.4, 0.5) is 4.39 Å². The highest BCUT2D eigenvalue weighted by Gasteiger charge is 2.27. The number of likely N-dealkylation sites (N-methyl/N-ethyl adjacent to an activating group) is 1. The highest BCUT2D eigenvalue weighted by molar-refractivity contribution is 5.77. The topological polar surface area (TPSA) is 55.6 Å². The molecule has 1 saturated heterocycles. The van der Waals surface area contributed by atoms with Gasteiger partial charge in [-0.2, -0.15) is 0 Å². The molecule has 1 aromatic carbocycles. The molecule has 1 aliphatic rings. The normalized spacial score (nSPS) is 21.8. The second-order valence-corrected chi connectivity index (χ2v) is 4.61. The molecule has 4 nitrogen and oxygen atoms in total. The minimum Gasteiger partial charge on any atom is -0.460 e. The molecule has 0 aliphatic carbocycles. The highest BCUT2D eigenvalue weighted by atomic mass is 19.1. The molecule has 0 aromatic heterocycles. The SMILES string of the molecule is CN1CC[C@@H](OC(=O)C(N)c2ccccc2F)C1. The number of carbonyl (C=O) groups excluding carboxylic acids is 1. The maximum atomic E-state index is 13.5. The first-order valence-electron chi connectivity index (χ1n) is 5.97. The third-order valence-corrected chi connectivity index (χ3v) is 3.13. The Morgan fingerprint density at radius 2 is 2.28 bits per heavy atom. The standard InChI is InChI=1S/C13H17FN2O2/c1-16-7-6-9(8-16)18-13(17)12(15)10-4-2-3-5-11(10)14/h2-5,9,12H,6-8,15H2,1H3/t9-,12?/m1/s1. The van der Waals surface area contributed by atoms with E-state index in [0.717, 1.165) is 13.0 Å². The van der Waals surface area contributed by atoms with Gasteiger partial charge in [0.2, 0.25) is 0 Å². The molecular weight excluding hydrogens is 235 g/mol. The first-order valence-corrected chi connectivity index (χ1v) is 5.97. The summed E-state index contributed by atoms with van der Waals surface area (Å²) in [5.41, 5.74) is 5.90. The molecule has 0 saturated carbocycles. The van der Waals surface area contributed by atoms with Crippen molar-refractivity contribution in [1.29, 1.82) is 0 Å². The molecule has 5 heteroatoms. The zero-order valence-electron chi connectivity index (χ0n) is 10.3. The summed E-state index contributed by atoms with van der Waals surface area (Å²) in [6.45, 7) is 1.60. The largest absolute Gasteiger partial charge is 0.460 e. The Kier molecular flexibility index (Phi) is 3.93. The maximum Gasteiger partial charge on any atom is 0.327 e. The van der Waals surface area contributed by atoms with Gasteiger partial charge in [-0.25, -0.2) is 9.18 Å². The second-order valence-electron chi connectivity index (χ2n) is 4.61. The van der Waals surface area contributed by atoms with Crippen molar-refractivity contribution in [2.75, 3.05) is 20.1 Å². The summed E-state index contributed by atoms with van der Waals surface area (Å²) in [5, 5.41) is 0. The molecule has 2 atom stereocenters. The molecule has 0 amide bonds. The van der Waals surface area contributed by atoms with E-state index in [1.807, 2.05) is 7.05 Å². The third kappa shape index (κ3) is 2.86. The molecule has 98 valence electrons. The first-order chi connectivity index (χ1) is 8.58. The Bertz CT molecular complexity index is 439. The Hall–Kier alpha value is -1.46. The Labute approximate surface area is 106 Å². The number of hydrogen-bond donors (Lipinski definition) is 1. The third-order valence-electron chi connectivity index (χ3n) is 3.13. The molecular formula is C13H17FN2O2. The Balaban J connectivity index is 1.99. The summed E-state index contributed by atoms with van der Waals surface area (Å²) in [6, 6.07) is 4.93. The van der Waals surface area contributed by atoms with Crippen LogP contribution in [0.15, 0.2) is 24.3 Å². The molecule has 1 aliphatic heterocycles. The molecule has 0 bridgehead atoms. The van der Waals surface area contributed by atoms with Crippen LogP contribution in [0.3, 0.4) is 0 Å². The van der Waals surface area contributed by atoms with E-state index < -0.39 is 17.8 Å². The zero-order chi connectivity index (χ0) is 13.1. The number of hydrogen-bond acceptors (Lipinski definition) is 4. The van der Waals surface area contributed by atoms with Crippen molar-refractivity contribution in [2.45, 2.75) is 18.6 Å². The average Bonchev–Trinajstić information content (AvgIpc) is 2.74. The van der Waals surface area contributed by atoms with Gasteiger partial charge in [0.05, 0.1) is 0 Å². The van der Waals surface area contributed by atoms with Gasteiger partial charge >= 0.3 is 5.97 Å². The van der Waals surface area contributed by atoms with E-state index in [1.165, 1.54) is 12.1 Å². The van der Waals surface area contributed by atoms with Crippen molar-refractivity contribution in [3.63, 3.8) is 0 Å². The van der Waals surface area contributed by atoms with Crippen molar-refractivity contribution in [2.24, 2.45) is 5.73 Å². The summed E-state index contributed by atoms with van der Waals surface area (Å²) < 4.78 is 18.8. The van der Waals surface area contributed by atoms with Gasteiger partial charge in [-0.1, -0.05) is 18.2 Å². The van der Waals surface area contributed by atoms with Gasteiger partial charge in [0.1, 0.15) is 18.0 Å². The molecule has 1 fully saturated rings. The van der Waals surface area contributed by atoms with Crippen LogP contribution in [0.2, 0.25) is 0 Å². The molecule has 2 N–H and O–H groups in total. The number of halogens is 1. The van der Waals surface area contributed by atoms with E-state index in [-0.39, 0.29) is 11.7 Å². The number of ether oxygens (including phenoxy) is 1. The lowest BCUT2D eigenvalue weighted by Crippen LogP contribution is -2.30. The van der Waals surface area contributed by atoms with Crippen molar-refractivity contribution in [3.05, 3.63) is 35.6 Å². The van der Waals surface area contributed by atoms with Crippen LogP contribution in [-0.2, 0) is 9.53 Å². The van der Waals surface area contributed by atoms with Gasteiger partial charge < -0.3 is 15.4 Å². The van der Waals surface area contributed by atoms with Crippen LogP contribution in [0.5, 0.6) is 0 Å². The number of esters is 1. The summed E-state index contributed by atoms with van der Waals surface area (Å²) in [6.07, 6.45) is 0.659. The fourth-order valence-corrected chi connectivity index (χ4v) is 2.08. The van der Waals surface area contributed by atoms with Crippen LogP contribution in [0.25, 0.3) is 0 Å². The number of nitrogens with zero attached hydrogens (tertiary/aromatic N) is 1. The maximum absolute atomic E-state index is 13.5. The van der Waals surface area contributed by atoms with E-state index in [2.05, 4.69) is 4.90 Å². The van der Waals surface area contributed by atoms with Gasteiger partial charge in [0, 0.05) is 18.7 Å². The van der Waals surface area contributed by atoms with Crippen molar-refractivity contribution >= 4 is 5.97 Å². The molecule has 1 heterocycles. The summed E-state index contributed by atoms with van der Waals surface area (Å²) in [7, 11) is 1.96. The quantitative estimate of drug-likeness (QED) is 0.818. The summed E-state index contributed by atoms with van der Waals surface area (Å²) in [4.78, 5) is 13.9. The summed E-state index contributed by atoms with van der Waals surface area (Å²) >= 11 is 0. The minimum absolute atomic E-state index is 0.139. The van der Waals surface area contributed by atoms with E-state index in [1.54, 1.807) is 12.1 Å². The fourth-order valence-electron chi connectivity index (χ4n) is 2.08. The van der Waals surface area contributed by atoms with Crippen LogP contribution in [0.1, 0.15) is 18.0 Å². The number of rotatable bonds is 3. The molecule has 2 rings (SSSR count). The fraction of sp³-hybridized carbons (Fsp3) is 0.462. The minimum atomic E-state index is -1.06. The first kappa shape index (κ1) is 13.0. The van der Waals surface area contributed by atoms with Crippen LogP contribution >= 0.6 is 0 Å². The predicted octanol–water partition coefficient (Wildman–Crippen LogP) is 1.07. The van der Waals surface area contributed by atoms with Crippen molar-refractivity contribution < 1.29 is 13.9 Å². The van der Waals surface area contributed by atoms with Gasteiger partial charge in [0.15, 0.2) is 0 Å². The summed E-state index contributed by atoms with van der Waals surface area (Å²) in [5.74, 6) is -1.05. The van der Waals surface area contributed by atoms with Gasteiger partial charge in [-0.05, 0) is 19.5 Å². The van der Waals surface area contributed by atoms with Crippen LogP contribution in [-0.4, -0.2) is 37.1 Å². The molecule has 1 unspecified atom stereocenters. The number of carbonyl (C=O) groups is 1. The van der Waals surface area contributed by atoms with E-state index in [0.29, 0.717) is 6.54 Å². The number of benzene rings is 1. The van der Waals surface area contributed by atoms with Gasteiger partial charge in [-0.3, -0.25) is 0 Å². The van der Waals surface area contributed by atoms with Crippen LogP contribution < -0.4 is 5.73 Å². The van der Waals surface area contributed by atoms with Gasteiger partial charge in [-0.15, -0.1) is 0 Å². The smallest absolute Gasteiger partial charge is 0.327 e. The van der Waals surface area contributed by atoms with E-state index in [4.69, 9.17) is 10.5 Å². The number of likely N-dealkylation sites (tertiary alicyclic amines) is 1. The lowest BCUT2D eigenvalue weighted by atomic mass is 10.1. The van der Waals surface area contributed by atoms with E-state index >= 15 is 0 Å². The molecule has 0 spiro atoms. The predicted molar refractivity (Wildman–Crippen MR) is 65.3 cm³/mol. The lowest BCUT2D eigenvalue weighted by Gasteiger charge is -2.16. The number of nitrogens with two attached hydrogens (primary N) is 1. The highest BCUT2D eigenvalue weighted by Crippen LogP contribution is 2.18. The monoisotopic (exact) mass is 252 g/mol. The second kappa shape index (κ2) is 5.46. The Morgan fingerprint density at radius 3 is 2.89 bits per heavy atom. The Morgan fingerprint density at radius 1 is 1.56 bits per heavy atom. The molecule has 0 radical (unpaired) electrons. The molecule has 1 aromatic rings. The average molecular weight is 252 g/mol. The van der Waals surface area contributed by atoms with Crippen molar-refractivity contribution in [3.8, 4) is 0 Å². The lowest BCUT2D eigenvalue weighted by molar-refractivity contribution is -0.150.